The Kier molecular flexibility index (Phi) is 5.27. The minimum atomic E-state index is -0.343. The fourth-order valence-electron chi connectivity index (χ4n) is 3.78. The van der Waals surface area contributed by atoms with Crippen LogP contribution in [0.3, 0.4) is 0 Å². The Bertz CT molecular complexity index is 1190. The predicted octanol–water partition coefficient (Wildman–Crippen LogP) is 4.89. The molecule has 0 saturated heterocycles. The number of hydrogen-bond donors (Lipinski definition) is 2. The van der Waals surface area contributed by atoms with Crippen LogP contribution in [0, 0.1) is 32.1 Å². The summed E-state index contributed by atoms with van der Waals surface area (Å²) >= 11 is 3.43. The van der Waals surface area contributed by atoms with Gasteiger partial charge in [-0.1, -0.05) is 28.1 Å². The molecule has 0 aliphatic carbocycles. The smallest absolute Gasteiger partial charge is 0.244 e. The Hall–Kier alpha value is -3.24. The first kappa shape index (κ1) is 20.0. The molecule has 1 aromatic heterocycles. The van der Waals surface area contributed by atoms with Gasteiger partial charge in [0.25, 0.3) is 0 Å². The average molecular weight is 465 g/mol. The number of rotatable bonds is 4. The van der Waals surface area contributed by atoms with Gasteiger partial charge >= 0.3 is 0 Å². The van der Waals surface area contributed by atoms with E-state index in [2.05, 4.69) is 51.3 Å². The lowest BCUT2D eigenvalue weighted by Gasteiger charge is -2.26. The van der Waals surface area contributed by atoms with Gasteiger partial charge in [0, 0.05) is 15.7 Å². The molecule has 1 aliphatic rings. The molecule has 2 heterocycles. The van der Waals surface area contributed by atoms with Crippen LogP contribution in [0.5, 0.6) is 11.6 Å². The number of aryl methyl sites for hydroxylation is 3. The van der Waals surface area contributed by atoms with Crippen molar-refractivity contribution in [1.82, 2.24) is 10.2 Å². The quantitative estimate of drug-likeness (QED) is 0.572. The molecule has 0 amide bonds. The van der Waals surface area contributed by atoms with E-state index in [1.807, 2.05) is 38.1 Å². The van der Waals surface area contributed by atoms with Crippen LogP contribution < -0.4 is 15.2 Å². The third kappa shape index (κ3) is 3.55. The van der Waals surface area contributed by atoms with Crippen molar-refractivity contribution < 1.29 is 9.47 Å². The maximum Gasteiger partial charge on any atom is 0.244 e. The van der Waals surface area contributed by atoms with Gasteiger partial charge in [0.1, 0.15) is 24.0 Å². The minimum Gasteiger partial charge on any atom is -0.489 e. The number of aromatic nitrogens is 2. The number of nitrogens with one attached hydrogen (secondary N) is 1. The third-order valence-corrected chi connectivity index (χ3v) is 5.90. The number of hydrogen-bond acceptors (Lipinski definition) is 5. The largest absolute Gasteiger partial charge is 0.489 e. The Morgan fingerprint density at radius 1 is 1.20 bits per heavy atom. The zero-order valence-electron chi connectivity index (χ0n) is 16.9. The van der Waals surface area contributed by atoms with Gasteiger partial charge in [0.2, 0.25) is 11.8 Å². The first-order valence-corrected chi connectivity index (χ1v) is 10.3. The molecule has 6 nitrogen and oxygen atoms in total. The topological polar surface area (TPSA) is 97.0 Å². The van der Waals surface area contributed by atoms with Gasteiger partial charge < -0.3 is 15.2 Å². The van der Waals surface area contributed by atoms with Crippen LogP contribution in [0.2, 0.25) is 0 Å². The summed E-state index contributed by atoms with van der Waals surface area (Å²) in [6, 6.07) is 14.2. The number of H-pyrrole nitrogens is 1. The summed E-state index contributed by atoms with van der Waals surface area (Å²) in [7, 11) is 0. The molecule has 1 aliphatic heterocycles. The lowest BCUT2D eigenvalue weighted by Crippen LogP contribution is -2.21. The average Bonchev–Trinajstić information content (AvgIpc) is 3.08. The lowest BCUT2D eigenvalue weighted by molar-refractivity contribution is 0.305. The van der Waals surface area contributed by atoms with Crippen LogP contribution in [0.1, 0.15) is 39.4 Å². The van der Waals surface area contributed by atoms with Crippen molar-refractivity contribution in [1.29, 1.82) is 5.26 Å². The molecule has 0 bridgehead atoms. The van der Waals surface area contributed by atoms with Crippen molar-refractivity contribution >= 4 is 15.9 Å². The highest BCUT2D eigenvalue weighted by Crippen LogP contribution is 2.44. The van der Waals surface area contributed by atoms with Crippen molar-refractivity contribution in [3.8, 4) is 17.7 Å². The summed E-state index contributed by atoms with van der Waals surface area (Å²) in [5.74, 6) is 0.959. The third-order valence-electron chi connectivity index (χ3n) is 5.37. The number of fused-ring (bicyclic) bond motifs is 1. The molecule has 0 spiro atoms. The maximum absolute atomic E-state index is 9.81. The van der Waals surface area contributed by atoms with Gasteiger partial charge in [-0.2, -0.15) is 5.26 Å². The number of ether oxygens (including phenoxy) is 2. The maximum atomic E-state index is 9.81. The van der Waals surface area contributed by atoms with Crippen LogP contribution in [0.4, 0.5) is 0 Å². The molecule has 152 valence electrons. The van der Waals surface area contributed by atoms with E-state index in [9.17, 15) is 5.26 Å². The van der Waals surface area contributed by atoms with E-state index in [1.54, 1.807) is 0 Å². The van der Waals surface area contributed by atoms with Gasteiger partial charge in [-0.05, 0) is 67.3 Å². The second-order valence-corrected chi connectivity index (χ2v) is 8.29. The second-order valence-electron chi connectivity index (χ2n) is 7.37. The SMILES string of the molecule is Cc1cc(C)c([C@@H]2C(C#N)=C(N)Oc3n[nH]c(C)c32)cc1COc1ccc(Br)cc1. The number of nitrogens with zero attached hydrogens (tertiary/aromatic N) is 2. The van der Waals surface area contributed by atoms with Crippen LogP contribution >= 0.6 is 15.9 Å². The minimum absolute atomic E-state index is 0.0918. The second kappa shape index (κ2) is 7.88. The highest BCUT2D eigenvalue weighted by Gasteiger charge is 2.35. The van der Waals surface area contributed by atoms with Crippen LogP contribution in [0.15, 0.2) is 52.3 Å². The Balaban J connectivity index is 1.75. The molecule has 0 unspecified atom stereocenters. The van der Waals surface area contributed by atoms with Crippen molar-refractivity contribution in [2.75, 3.05) is 0 Å². The van der Waals surface area contributed by atoms with Crippen molar-refractivity contribution in [3.05, 3.63) is 85.8 Å². The van der Waals surface area contributed by atoms with E-state index in [1.165, 1.54) is 0 Å². The molecule has 7 heteroatoms. The molecular weight excluding hydrogens is 444 g/mol. The molecule has 3 N–H and O–H groups in total. The van der Waals surface area contributed by atoms with E-state index in [4.69, 9.17) is 15.2 Å². The van der Waals surface area contributed by atoms with Gasteiger partial charge in [0.15, 0.2) is 0 Å². The van der Waals surface area contributed by atoms with Crippen molar-refractivity contribution in [2.24, 2.45) is 5.73 Å². The molecule has 0 fully saturated rings. The number of halogens is 1. The van der Waals surface area contributed by atoms with Crippen molar-refractivity contribution in [2.45, 2.75) is 33.3 Å². The zero-order chi connectivity index (χ0) is 21.4. The number of aromatic amines is 1. The fraction of sp³-hybridized carbons (Fsp3) is 0.217. The number of nitrogens with two attached hydrogens (primary N) is 1. The van der Waals surface area contributed by atoms with E-state index >= 15 is 0 Å². The summed E-state index contributed by atoms with van der Waals surface area (Å²) < 4.78 is 12.6. The highest BCUT2D eigenvalue weighted by atomic mass is 79.9. The number of benzene rings is 2. The predicted molar refractivity (Wildman–Crippen MR) is 117 cm³/mol. The number of nitriles is 1. The van der Waals surface area contributed by atoms with Gasteiger partial charge in [-0.25, -0.2) is 0 Å². The van der Waals surface area contributed by atoms with Crippen LogP contribution in [0.25, 0.3) is 0 Å². The summed E-state index contributed by atoms with van der Waals surface area (Å²) in [6.45, 7) is 6.43. The summed E-state index contributed by atoms with van der Waals surface area (Å²) in [5, 5.41) is 17.0. The van der Waals surface area contributed by atoms with E-state index in [0.717, 1.165) is 43.7 Å². The number of allylic oxidation sites excluding steroid dienone is 1. The summed E-state index contributed by atoms with van der Waals surface area (Å²) in [6.07, 6.45) is 0. The molecule has 4 rings (SSSR count). The highest BCUT2D eigenvalue weighted by molar-refractivity contribution is 9.10. The van der Waals surface area contributed by atoms with Gasteiger partial charge in [-0.15, -0.1) is 5.10 Å². The lowest BCUT2D eigenvalue weighted by atomic mass is 9.81. The summed E-state index contributed by atoms with van der Waals surface area (Å²) in [4.78, 5) is 0. The van der Waals surface area contributed by atoms with Crippen LogP contribution in [-0.2, 0) is 6.61 Å². The van der Waals surface area contributed by atoms with Gasteiger partial charge in [0.05, 0.1) is 5.92 Å². The molecule has 3 aromatic rings. The molecule has 2 aromatic carbocycles. The summed E-state index contributed by atoms with van der Waals surface area (Å²) in [5.41, 5.74) is 12.4. The molecule has 0 radical (unpaired) electrons. The van der Waals surface area contributed by atoms with E-state index in [-0.39, 0.29) is 11.8 Å². The van der Waals surface area contributed by atoms with E-state index < -0.39 is 0 Å². The van der Waals surface area contributed by atoms with Crippen molar-refractivity contribution in [3.63, 3.8) is 0 Å². The Morgan fingerprint density at radius 3 is 2.63 bits per heavy atom. The molecular formula is C23H21BrN4O2. The fourth-order valence-corrected chi connectivity index (χ4v) is 4.05. The van der Waals surface area contributed by atoms with Crippen LogP contribution in [-0.4, -0.2) is 10.2 Å². The molecule has 1 atom stereocenters. The van der Waals surface area contributed by atoms with Gasteiger partial charge in [-0.3, -0.25) is 5.10 Å². The zero-order valence-corrected chi connectivity index (χ0v) is 18.5. The Labute approximate surface area is 183 Å². The first-order chi connectivity index (χ1) is 14.4. The Morgan fingerprint density at radius 2 is 1.93 bits per heavy atom. The normalized spacial score (nSPS) is 15.4. The molecule has 0 saturated carbocycles. The monoisotopic (exact) mass is 464 g/mol. The first-order valence-electron chi connectivity index (χ1n) is 9.50. The molecule has 30 heavy (non-hydrogen) atoms. The van der Waals surface area contributed by atoms with E-state index in [0.29, 0.717) is 18.1 Å². The standard InChI is InChI=1S/C23H21BrN4O2/c1-12-8-13(2)18(9-15(12)11-29-17-6-4-16(24)5-7-17)21-19(10-25)22(26)30-23-20(21)14(3)27-28-23/h4-9,21H,11,26H2,1-3H3,(H,27,28)/t21-/m1/s1.